The summed E-state index contributed by atoms with van der Waals surface area (Å²) < 4.78 is 3.23. The van der Waals surface area contributed by atoms with Gasteiger partial charge >= 0.3 is 0 Å². The van der Waals surface area contributed by atoms with Gasteiger partial charge in [0, 0.05) is 31.4 Å². The molecule has 0 spiro atoms. The quantitative estimate of drug-likeness (QED) is 0.421. The smallest absolute Gasteiger partial charge is 0.234 e. The number of imidazole rings is 1. The molecule has 1 aromatic carbocycles. The van der Waals surface area contributed by atoms with Crippen LogP contribution in [0.15, 0.2) is 55.0 Å². The molecule has 3 aromatic heterocycles. The van der Waals surface area contributed by atoms with Crippen molar-refractivity contribution >= 4 is 17.3 Å². The Morgan fingerprint density at radius 2 is 1.91 bits per heavy atom. The van der Waals surface area contributed by atoms with E-state index in [4.69, 9.17) is 0 Å². The molecule has 0 saturated heterocycles. The van der Waals surface area contributed by atoms with Gasteiger partial charge in [-0.3, -0.25) is 18.7 Å². The molecule has 1 aliphatic rings. The van der Waals surface area contributed by atoms with Gasteiger partial charge < -0.3 is 0 Å². The van der Waals surface area contributed by atoms with E-state index in [2.05, 4.69) is 21.1 Å². The van der Waals surface area contributed by atoms with Gasteiger partial charge in [0.2, 0.25) is 5.78 Å². The molecule has 0 unspecified atom stereocenters. The Hall–Kier alpha value is -4.12. The van der Waals surface area contributed by atoms with Gasteiger partial charge in [-0.2, -0.15) is 10.4 Å². The van der Waals surface area contributed by atoms with Crippen LogP contribution in [-0.4, -0.2) is 35.7 Å². The first-order chi connectivity index (χ1) is 15.5. The molecule has 8 nitrogen and oxygen atoms in total. The van der Waals surface area contributed by atoms with Gasteiger partial charge in [-0.1, -0.05) is 30.3 Å². The molecule has 4 aromatic rings. The lowest BCUT2D eigenvalue weighted by atomic mass is 9.96. The molecule has 158 valence electrons. The number of ketones is 2. The zero-order valence-corrected chi connectivity index (χ0v) is 17.5. The molecule has 1 saturated carbocycles. The number of nitriles is 1. The summed E-state index contributed by atoms with van der Waals surface area (Å²) in [6.45, 7) is 0. The number of nitrogens with zero attached hydrogens (tertiary/aromatic N) is 6. The van der Waals surface area contributed by atoms with Crippen molar-refractivity contribution in [2.75, 3.05) is 0 Å². The standard InChI is InChI=1S/C24H20N6O2/c1-29-22(18(13-26-29)21(32)12-24(15-25)8-9-24)20(31)11-17-7-10-30-14-19(28-23(30)27-17)16-5-3-2-4-6-16/h2-7,10,13-14H,8-9,11-12H2,1H3. The number of hydrogen-bond acceptors (Lipinski definition) is 6. The summed E-state index contributed by atoms with van der Waals surface area (Å²) in [4.78, 5) is 35.0. The predicted molar refractivity (Wildman–Crippen MR) is 116 cm³/mol. The summed E-state index contributed by atoms with van der Waals surface area (Å²) in [5.41, 5.74) is 2.29. The van der Waals surface area contributed by atoms with Crippen molar-refractivity contribution in [2.45, 2.75) is 25.7 Å². The van der Waals surface area contributed by atoms with Crippen LogP contribution >= 0.6 is 0 Å². The first kappa shape index (κ1) is 19.8. The maximum absolute atomic E-state index is 13.1. The fourth-order valence-electron chi connectivity index (χ4n) is 3.86. The lowest BCUT2D eigenvalue weighted by molar-refractivity contribution is 0.0939. The van der Waals surface area contributed by atoms with Crippen LogP contribution < -0.4 is 0 Å². The summed E-state index contributed by atoms with van der Waals surface area (Å²) in [5.74, 6) is 0.0340. The van der Waals surface area contributed by atoms with E-state index in [1.807, 2.05) is 47.1 Å². The van der Waals surface area contributed by atoms with E-state index in [9.17, 15) is 14.9 Å². The lowest BCUT2D eigenvalue weighted by Crippen LogP contribution is -2.16. The minimum absolute atomic E-state index is 0.0211. The van der Waals surface area contributed by atoms with E-state index in [0.717, 1.165) is 24.1 Å². The average Bonchev–Trinajstić information content (AvgIpc) is 3.26. The highest BCUT2D eigenvalue weighted by Gasteiger charge is 2.45. The highest BCUT2D eigenvalue weighted by atomic mass is 16.1. The molecule has 32 heavy (non-hydrogen) atoms. The van der Waals surface area contributed by atoms with Crippen molar-refractivity contribution in [3.8, 4) is 17.3 Å². The van der Waals surface area contributed by atoms with Crippen LogP contribution in [0, 0.1) is 16.7 Å². The Morgan fingerprint density at radius 1 is 1.12 bits per heavy atom. The summed E-state index contributed by atoms with van der Waals surface area (Å²) >= 11 is 0. The van der Waals surface area contributed by atoms with Gasteiger partial charge in [0.05, 0.1) is 41.1 Å². The van der Waals surface area contributed by atoms with Gasteiger partial charge in [0.15, 0.2) is 11.6 Å². The molecule has 0 N–H and O–H groups in total. The van der Waals surface area contributed by atoms with Crippen molar-refractivity contribution in [1.82, 2.24) is 24.1 Å². The second-order valence-electron chi connectivity index (χ2n) is 8.24. The molecular formula is C24H20N6O2. The Labute approximate surface area is 184 Å². The van der Waals surface area contributed by atoms with Gasteiger partial charge in [0.1, 0.15) is 5.69 Å². The third kappa shape index (κ3) is 3.58. The minimum Gasteiger partial charge on any atom is -0.294 e. The molecule has 5 rings (SSSR count). The maximum atomic E-state index is 13.1. The highest BCUT2D eigenvalue weighted by Crippen LogP contribution is 2.48. The molecule has 3 heterocycles. The summed E-state index contributed by atoms with van der Waals surface area (Å²) in [5, 5.41) is 13.4. The zero-order valence-electron chi connectivity index (χ0n) is 17.5. The highest BCUT2D eigenvalue weighted by molar-refractivity contribution is 6.08. The van der Waals surface area contributed by atoms with Crippen LogP contribution in [0.1, 0.15) is 45.8 Å². The van der Waals surface area contributed by atoms with Gasteiger partial charge in [-0.15, -0.1) is 0 Å². The minimum atomic E-state index is -0.572. The first-order valence-corrected chi connectivity index (χ1v) is 10.4. The Kier molecular flexibility index (Phi) is 4.67. The van der Waals surface area contributed by atoms with Crippen molar-refractivity contribution in [3.63, 3.8) is 0 Å². The van der Waals surface area contributed by atoms with Crippen molar-refractivity contribution in [3.05, 3.63) is 71.9 Å². The topological polar surface area (TPSA) is 106 Å². The van der Waals surface area contributed by atoms with E-state index in [1.165, 1.54) is 10.9 Å². The number of carbonyl (C=O) groups excluding carboxylic acids is 2. The van der Waals surface area contributed by atoms with Gasteiger partial charge in [-0.05, 0) is 18.9 Å². The molecule has 1 fully saturated rings. The molecular weight excluding hydrogens is 404 g/mol. The molecule has 8 heteroatoms. The lowest BCUT2D eigenvalue weighted by Gasteiger charge is -2.07. The van der Waals surface area contributed by atoms with Crippen molar-refractivity contribution < 1.29 is 9.59 Å². The number of aryl methyl sites for hydroxylation is 1. The Morgan fingerprint density at radius 3 is 2.62 bits per heavy atom. The van der Waals surface area contributed by atoms with Crippen LogP contribution in [0.25, 0.3) is 17.0 Å². The van der Waals surface area contributed by atoms with E-state index in [1.54, 1.807) is 13.1 Å². The van der Waals surface area contributed by atoms with Gasteiger partial charge in [0.25, 0.3) is 0 Å². The average molecular weight is 424 g/mol. The summed E-state index contributed by atoms with van der Waals surface area (Å²) in [6, 6.07) is 13.8. The van der Waals surface area contributed by atoms with Crippen LogP contribution in [0.4, 0.5) is 0 Å². The van der Waals surface area contributed by atoms with E-state index >= 15 is 0 Å². The molecule has 0 bridgehead atoms. The summed E-state index contributed by atoms with van der Waals surface area (Å²) in [7, 11) is 1.64. The second kappa shape index (κ2) is 7.54. The van der Waals surface area contributed by atoms with Crippen LogP contribution in [-0.2, 0) is 13.5 Å². The van der Waals surface area contributed by atoms with Crippen molar-refractivity contribution in [1.29, 1.82) is 5.26 Å². The number of carbonyl (C=O) groups is 2. The number of aromatic nitrogens is 5. The number of benzene rings is 1. The fraction of sp³-hybridized carbons (Fsp3) is 0.250. The Balaban J connectivity index is 1.39. The molecule has 0 amide bonds. The van der Waals surface area contributed by atoms with Crippen LogP contribution in [0.3, 0.4) is 0 Å². The van der Waals surface area contributed by atoms with Gasteiger partial charge in [-0.25, -0.2) is 9.97 Å². The monoisotopic (exact) mass is 424 g/mol. The number of fused-ring (bicyclic) bond motifs is 1. The maximum Gasteiger partial charge on any atom is 0.234 e. The number of rotatable bonds is 7. The fourth-order valence-corrected chi connectivity index (χ4v) is 3.86. The van der Waals surface area contributed by atoms with E-state index in [0.29, 0.717) is 11.5 Å². The molecule has 1 aliphatic carbocycles. The van der Waals surface area contributed by atoms with Crippen molar-refractivity contribution in [2.24, 2.45) is 12.5 Å². The number of Topliss-reactive ketones (excluding diaryl/α,β-unsaturated/α-hetero) is 2. The van der Waals surface area contributed by atoms with E-state index < -0.39 is 5.41 Å². The normalized spacial score (nSPS) is 14.2. The summed E-state index contributed by atoms with van der Waals surface area (Å²) in [6.07, 6.45) is 6.72. The van der Waals surface area contributed by atoms with E-state index in [-0.39, 0.29) is 35.7 Å². The third-order valence-corrected chi connectivity index (χ3v) is 5.89. The van der Waals surface area contributed by atoms with Crippen LogP contribution in [0.5, 0.6) is 0 Å². The first-order valence-electron chi connectivity index (χ1n) is 10.4. The second-order valence-corrected chi connectivity index (χ2v) is 8.24. The zero-order chi connectivity index (χ0) is 22.3. The predicted octanol–water partition coefficient (Wildman–Crippen LogP) is 3.43. The largest absolute Gasteiger partial charge is 0.294 e. The third-order valence-electron chi connectivity index (χ3n) is 5.89. The molecule has 0 radical (unpaired) electrons. The van der Waals surface area contributed by atoms with Crippen LogP contribution in [0.2, 0.25) is 0 Å². The molecule has 0 aliphatic heterocycles. The SMILES string of the molecule is Cn1ncc(C(=O)CC2(C#N)CC2)c1C(=O)Cc1ccn2cc(-c3ccccc3)nc2n1. The number of hydrogen-bond donors (Lipinski definition) is 0. The molecule has 0 atom stereocenters. The Bertz CT molecular complexity index is 1390.